The molecule has 0 saturated carbocycles. The monoisotopic (exact) mass is 641 g/mol. The summed E-state index contributed by atoms with van der Waals surface area (Å²) in [5.41, 5.74) is 11.4. The van der Waals surface area contributed by atoms with Gasteiger partial charge in [0.2, 0.25) is 0 Å². The fraction of sp³-hybridized carbons (Fsp3) is 0.0698. The van der Waals surface area contributed by atoms with Crippen molar-refractivity contribution in [3.8, 4) is 22.3 Å². The molecular formula is C43H31NSe. The first-order chi connectivity index (χ1) is 22.1. The van der Waals surface area contributed by atoms with Crippen molar-refractivity contribution < 1.29 is 0 Å². The number of hydrogen-bond acceptors (Lipinski definition) is 1. The van der Waals surface area contributed by atoms with Crippen LogP contribution in [0.5, 0.6) is 0 Å². The van der Waals surface area contributed by atoms with Crippen molar-refractivity contribution in [2.24, 2.45) is 0 Å². The van der Waals surface area contributed by atoms with Crippen LogP contribution in [0, 0.1) is 0 Å². The van der Waals surface area contributed by atoms with Crippen LogP contribution in [-0.4, -0.2) is 14.5 Å². The molecule has 0 unspecified atom stereocenters. The van der Waals surface area contributed by atoms with Crippen LogP contribution in [0.25, 0.3) is 52.3 Å². The van der Waals surface area contributed by atoms with Crippen LogP contribution in [0.15, 0.2) is 152 Å². The predicted molar refractivity (Wildman–Crippen MR) is 194 cm³/mol. The van der Waals surface area contributed by atoms with Crippen molar-refractivity contribution >= 4 is 61.6 Å². The molecule has 1 aliphatic rings. The molecular weight excluding hydrogens is 609 g/mol. The topological polar surface area (TPSA) is 3.24 Å². The van der Waals surface area contributed by atoms with E-state index in [2.05, 4.69) is 170 Å². The second-order valence-corrected chi connectivity index (χ2v) is 14.8. The molecule has 2 heteroatoms. The maximum atomic E-state index is 2.49. The van der Waals surface area contributed by atoms with Crippen molar-refractivity contribution in [3.63, 3.8) is 0 Å². The molecule has 0 spiro atoms. The van der Waals surface area contributed by atoms with Gasteiger partial charge in [0.25, 0.3) is 0 Å². The molecule has 1 aromatic heterocycles. The fourth-order valence-corrected chi connectivity index (χ4v) is 9.97. The predicted octanol–water partition coefficient (Wildman–Crippen LogP) is 11.6. The van der Waals surface area contributed by atoms with E-state index < -0.39 is 0 Å². The molecule has 0 fully saturated rings. The number of rotatable bonds is 4. The molecule has 7 aromatic carbocycles. The summed E-state index contributed by atoms with van der Waals surface area (Å²) in [6, 6.07) is 56.2. The van der Waals surface area contributed by atoms with Crippen molar-refractivity contribution in [1.82, 2.24) is 0 Å². The Bertz CT molecular complexity index is 2400. The van der Waals surface area contributed by atoms with Crippen molar-refractivity contribution in [2.75, 3.05) is 4.90 Å². The molecule has 45 heavy (non-hydrogen) atoms. The Balaban J connectivity index is 1.31. The van der Waals surface area contributed by atoms with Crippen LogP contribution >= 0.6 is 0 Å². The van der Waals surface area contributed by atoms with Gasteiger partial charge in [0, 0.05) is 0 Å². The Morgan fingerprint density at radius 1 is 0.467 bits per heavy atom. The van der Waals surface area contributed by atoms with Gasteiger partial charge in [0.1, 0.15) is 0 Å². The molecule has 0 atom stereocenters. The van der Waals surface area contributed by atoms with Gasteiger partial charge in [-0.1, -0.05) is 6.07 Å². The van der Waals surface area contributed by atoms with Gasteiger partial charge in [-0.25, -0.2) is 0 Å². The zero-order valence-corrected chi connectivity index (χ0v) is 27.0. The summed E-state index contributed by atoms with van der Waals surface area (Å²) < 4.78 is 2.96. The van der Waals surface area contributed by atoms with E-state index in [1.807, 2.05) is 0 Å². The van der Waals surface area contributed by atoms with Gasteiger partial charge in [0.15, 0.2) is 0 Å². The fourth-order valence-electron chi connectivity index (χ4n) is 7.40. The molecule has 0 amide bonds. The zero-order chi connectivity index (χ0) is 30.1. The molecule has 0 aliphatic heterocycles. The van der Waals surface area contributed by atoms with Gasteiger partial charge >= 0.3 is 265 Å². The standard InChI is InChI=1S/C43H31NSe/c1-43(2)38-18-10-8-14-32(38)33-25-24-31(26-39(33)43)44(30-22-20-29(21-23-30)28-12-4-3-5-13-28)40-27-37-35-16-9-11-19-41(35)45-42(37)36-17-7-6-15-34(36)40/h3-27H,1-2H3. The van der Waals surface area contributed by atoms with Gasteiger partial charge in [0.05, 0.1) is 0 Å². The summed E-state index contributed by atoms with van der Waals surface area (Å²) in [5, 5.41) is 5.41. The van der Waals surface area contributed by atoms with Crippen molar-refractivity contribution in [3.05, 3.63) is 163 Å². The Hall–Kier alpha value is -4.88. The summed E-state index contributed by atoms with van der Waals surface area (Å²) in [4.78, 5) is 2.49. The van der Waals surface area contributed by atoms with Gasteiger partial charge < -0.3 is 0 Å². The van der Waals surface area contributed by atoms with E-state index in [0.29, 0.717) is 0 Å². The first-order valence-electron chi connectivity index (χ1n) is 15.6. The molecule has 1 aliphatic carbocycles. The van der Waals surface area contributed by atoms with Gasteiger partial charge in [-0.3, -0.25) is 0 Å². The summed E-state index contributed by atoms with van der Waals surface area (Å²) >= 11 is 0.287. The van der Waals surface area contributed by atoms with Crippen LogP contribution in [0.3, 0.4) is 0 Å². The Kier molecular flexibility index (Phi) is 5.94. The van der Waals surface area contributed by atoms with E-state index >= 15 is 0 Å². The van der Waals surface area contributed by atoms with Gasteiger partial charge in [-0.15, -0.1) is 0 Å². The average molecular weight is 641 g/mol. The molecule has 1 nitrogen and oxygen atoms in total. The SMILES string of the molecule is CC1(C)c2ccccc2-c2ccc(N(c3ccc(-c4ccccc4)cc3)c3cc4c5ccccc5[se]c4c4ccccc34)cc21. The van der Waals surface area contributed by atoms with Crippen LogP contribution in [-0.2, 0) is 5.41 Å². The molecule has 214 valence electrons. The summed E-state index contributed by atoms with van der Waals surface area (Å²) in [6.45, 7) is 4.73. The van der Waals surface area contributed by atoms with Gasteiger partial charge in [-0.05, 0) is 0 Å². The first kappa shape index (κ1) is 26.5. The summed E-state index contributed by atoms with van der Waals surface area (Å²) in [6.07, 6.45) is 0. The molecule has 1 heterocycles. The summed E-state index contributed by atoms with van der Waals surface area (Å²) in [7, 11) is 0. The third-order valence-corrected chi connectivity index (χ3v) is 12.2. The second-order valence-electron chi connectivity index (χ2n) is 12.6. The van der Waals surface area contributed by atoms with E-state index in [9.17, 15) is 0 Å². The van der Waals surface area contributed by atoms with Crippen molar-refractivity contribution in [1.29, 1.82) is 0 Å². The summed E-state index contributed by atoms with van der Waals surface area (Å²) in [5.74, 6) is 0. The normalized spacial score (nSPS) is 13.3. The van der Waals surface area contributed by atoms with Crippen LogP contribution in [0.1, 0.15) is 25.0 Å². The van der Waals surface area contributed by atoms with E-state index in [4.69, 9.17) is 0 Å². The number of benzene rings is 7. The first-order valence-corrected chi connectivity index (χ1v) is 17.3. The second kappa shape index (κ2) is 10.1. The minimum atomic E-state index is -0.0771. The van der Waals surface area contributed by atoms with Crippen molar-refractivity contribution in [2.45, 2.75) is 19.3 Å². The number of hydrogen-bond donors (Lipinski definition) is 0. The Morgan fingerprint density at radius 3 is 1.91 bits per heavy atom. The molecule has 0 N–H and O–H groups in total. The van der Waals surface area contributed by atoms with Crippen LogP contribution in [0.4, 0.5) is 17.1 Å². The Morgan fingerprint density at radius 2 is 1.09 bits per heavy atom. The molecule has 8 aromatic rings. The molecule has 9 rings (SSSR count). The third-order valence-electron chi connectivity index (χ3n) is 9.66. The van der Waals surface area contributed by atoms with Crippen LogP contribution < -0.4 is 4.90 Å². The number of nitrogens with zero attached hydrogens (tertiary/aromatic N) is 1. The molecule has 0 radical (unpaired) electrons. The average Bonchev–Trinajstić information content (AvgIpc) is 3.58. The van der Waals surface area contributed by atoms with Gasteiger partial charge in [-0.2, -0.15) is 0 Å². The minimum absolute atomic E-state index is 0.0771. The van der Waals surface area contributed by atoms with E-state index in [0.717, 1.165) is 5.69 Å². The maximum absolute atomic E-state index is 2.49. The quantitative estimate of drug-likeness (QED) is 0.173. The number of anilines is 3. The Labute approximate surface area is 269 Å². The van der Waals surface area contributed by atoms with Crippen LogP contribution in [0.2, 0.25) is 0 Å². The number of fused-ring (bicyclic) bond motifs is 8. The third kappa shape index (κ3) is 4.07. The van der Waals surface area contributed by atoms with E-state index in [1.54, 1.807) is 0 Å². The van der Waals surface area contributed by atoms with E-state index in [1.165, 1.54) is 74.8 Å². The molecule has 0 saturated heterocycles. The zero-order valence-electron chi connectivity index (χ0n) is 25.3. The molecule has 0 bridgehead atoms. The van der Waals surface area contributed by atoms with E-state index in [-0.39, 0.29) is 19.9 Å².